The highest BCUT2D eigenvalue weighted by Gasteiger charge is 2.22. The Balaban J connectivity index is 3.00. The molecule has 1 aromatic rings. The third kappa shape index (κ3) is 2.29. The Hall–Kier alpha value is -1.42. The van der Waals surface area contributed by atoms with Crippen molar-refractivity contribution in [3.05, 3.63) is 29.6 Å². The van der Waals surface area contributed by atoms with Crippen LogP contribution in [0.5, 0.6) is 0 Å². The molecular formula is C10H14N2O2. The van der Waals surface area contributed by atoms with Crippen LogP contribution in [0.4, 0.5) is 0 Å². The molecule has 0 aromatic carbocycles. The van der Waals surface area contributed by atoms with Crippen molar-refractivity contribution in [1.82, 2.24) is 9.88 Å². The average molecular weight is 194 g/mol. The molecule has 0 fully saturated rings. The zero-order chi connectivity index (χ0) is 10.7. The molecule has 0 saturated heterocycles. The Morgan fingerprint density at radius 3 is 2.50 bits per heavy atom. The average Bonchev–Trinajstić information content (AvgIpc) is 2.07. The maximum atomic E-state index is 10.9. The summed E-state index contributed by atoms with van der Waals surface area (Å²) in [5, 5.41) is 8.98. The van der Waals surface area contributed by atoms with Gasteiger partial charge in [0.2, 0.25) is 0 Å². The smallest absolute Gasteiger partial charge is 0.327 e. The SMILES string of the molecule is Cc1ccc(C(C(=O)O)N(C)C)nc1. The van der Waals surface area contributed by atoms with Gasteiger partial charge in [0.05, 0.1) is 5.69 Å². The maximum Gasteiger partial charge on any atom is 0.327 e. The number of pyridine rings is 1. The summed E-state index contributed by atoms with van der Waals surface area (Å²) in [4.78, 5) is 16.7. The van der Waals surface area contributed by atoms with Crippen LogP contribution in [-0.2, 0) is 4.79 Å². The van der Waals surface area contributed by atoms with E-state index in [2.05, 4.69) is 4.98 Å². The maximum absolute atomic E-state index is 10.9. The highest BCUT2D eigenvalue weighted by molar-refractivity contribution is 5.74. The minimum absolute atomic E-state index is 0.563. The molecule has 76 valence electrons. The number of carboxylic acid groups (broad SMARTS) is 1. The summed E-state index contributed by atoms with van der Waals surface area (Å²) in [6.45, 7) is 1.92. The minimum Gasteiger partial charge on any atom is -0.480 e. The highest BCUT2D eigenvalue weighted by Crippen LogP contribution is 2.15. The van der Waals surface area contributed by atoms with Crippen LogP contribution in [0, 0.1) is 6.92 Å². The molecule has 0 bridgehead atoms. The topological polar surface area (TPSA) is 53.4 Å². The van der Waals surface area contributed by atoms with Crippen molar-refractivity contribution >= 4 is 5.97 Å². The van der Waals surface area contributed by atoms with E-state index in [9.17, 15) is 4.79 Å². The van der Waals surface area contributed by atoms with Gasteiger partial charge in [-0.3, -0.25) is 14.7 Å². The van der Waals surface area contributed by atoms with Gasteiger partial charge in [-0.05, 0) is 32.6 Å². The second-order valence-electron chi connectivity index (χ2n) is 3.46. The van der Waals surface area contributed by atoms with Crippen LogP contribution in [0.15, 0.2) is 18.3 Å². The van der Waals surface area contributed by atoms with E-state index in [0.29, 0.717) is 5.69 Å². The predicted molar refractivity (Wildman–Crippen MR) is 53.0 cm³/mol. The zero-order valence-electron chi connectivity index (χ0n) is 8.56. The summed E-state index contributed by atoms with van der Waals surface area (Å²) < 4.78 is 0. The fourth-order valence-corrected chi connectivity index (χ4v) is 1.25. The van der Waals surface area contributed by atoms with Gasteiger partial charge in [0.15, 0.2) is 6.04 Å². The number of aromatic nitrogens is 1. The number of hydrogen-bond donors (Lipinski definition) is 1. The van der Waals surface area contributed by atoms with Crippen molar-refractivity contribution in [2.45, 2.75) is 13.0 Å². The number of hydrogen-bond acceptors (Lipinski definition) is 3. The molecule has 0 aliphatic rings. The number of carbonyl (C=O) groups is 1. The molecule has 0 saturated carbocycles. The Kier molecular flexibility index (Phi) is 3.19. The molecule has 0 aliphatic carbocycles. The molecule has 1 atom stereocenters. The lowest BCUT2D eigenvalue weighted by atomic mass is 10.1. The molecule has 0 radical (unpaired) electrons. The first kappa shape index (κ1) is 10.7. The largest absolute Gasteiger partial charge is 0.480 e. The van der Waals surface area contributed by atoms with Gasteiger partial charge >= 0.3 is 5.97 Å². The molecule has 1 rings (SSSR count). The first-order valence-corrected chi connectivity index (χ1v) is 4.34. The van der Waals surface area contributed by atoms with Crippen molar-refractivity contribution < 1.29 is 9.90 Å². The minimum atomic E-state index is -0.883. The molecular weight excluding hydrogens is 180 g/mol. The Bertz CT molecular complexity index is 319. The normalized spacial score (nSPS) is 12.9. The standard InChI is InChI=1S/C10H14N2O2/c1-7-4-5-8(11-6-7)9(10(13)14)12(2)3/h4-6,9H,1-3H3,(H,13,14). The van der Waals surface area contributed by atoms with Crippen LogP contribution in [0.25, 0.3) is 0 Å². The van der Waals surface area contributed by atoms with E-state index in [1.54, 1.807) is 31.3 Å². The van der Waals surface area contributed by atoms with Gasteiger partial charge in [-0.25, -0.2) is 0 Å². The van der Waals surface area contributed by atoms with Crippen molar-refractivity contribution in [1.29, 1.82) is 0 Å². The van der Waals surface area contributed by atoms with E-state index in [1.807, 2.05) is 13.0 Å². The monoisotopic (exact) mass is 194 g/mol. The summed E-state index contributed by atoms with van der Waals surface area (Å²) in [6, 6.07) is 2.94. The number of aliphatic carboxylic acids is 1. The van der Waals surface area contributed by atoms with Gasteiger partial charge in [-0.1, -0.05) is 6.07 Å². The lowest BCUT2D eigenvalue weighted by Gasteiger charge is -2.19. The fourth-order valence-electron chi connectivity index (χ4n) is 1.25. The van der Waals surface area contributed by atoms with Crippen molar-refractivity contribution in [3.63, 3.8) is 0 Å². The van der Waals surface area contributed by atoms with Crippen LogP contribution >= 0.6 is 0 Å². The van der Waals surface area contributed by atoms with E-state index >= 15 is 0 Å². The van der Waals surface area contributed by atoms with Crippen molar-refractivity contribution in [2.75, 3.05) is 14.1 Å². The lowest BCUT2D eigenvalue weighted by Crippen LogP contribution is -2.28. The van der Waals surface area contributed by atoms with Gasteiger partial charge in [-0.2, -0.15) is 0 Å². The predicted octanol–water partition coefficient (Wildman–Crippen LogP) is 1.08. The van der Waals surface area contributed by atoms with Gasteiger partial charge in [0.1, 0.15) is 0 Å². The number of nitrogens with zero attached hydrogens (tertiary/aromatic N) is 2. The summed E-state index contributed by atoms with van der Waals surface area (Å²) in [7, 11) is 3.45. The third-order valence-corrected chi connectivity index (χ3v) is 1.96. The Labute approximate surface area is 83.2 Å². The van der Waals surface area contributed by atoms with E-state index in [-0.39, 0.29) is 0 Å². The molecule has 1 aromatic heterocycles. The number of likely N-dealkylation sites (N-methyl/N-ethyl adjacent to an activating group) is 1. The second-order valence-corrected chi connectivity index (χ2v) is 3.46. The van der Waals surface area contributed by atoms with Crippen LogP contribution < -0.4 is 0 Å². The van der Waals surface area contributed by atoms with Crippen LogP contribution in [0.1, 0.15) is 17.3 Å². The van der Waals surface area contributed by atoms with Crippen LogP contribution in [-0.4, -0.2) is 35.1 Å². The van der Waals surface area contributed by atoms with Crippen molar-refractivity contribution in [3.8, 4) is 0 Å². The van der Waals surface area contributed by atoms with Gasteiger partial charge in [0, 0.05) is 6.20 Å². The number of carboxylic acids is 1. The first-order valence-electron chi connectivity index (χ1n) is 4.34. The molecule has 1 heterocycles. The van der Waals surface area contributed by atoms with Crippen molar-refractivity contribution in [2.24, 2.45) is 0 Å². The Morgan fingerprint density at radius 2 is 2.14 bits per heavy atom. The quantitative estimate of drug-likeness (QED) is 0.782. The van der Waals surface area contributed by atoms with Crippen LogP contribution in [0.3, 0.4) is 0 Å². The fraction of sp³-hybridized carbons (Fsp3) is 0.400. The van der Waals surface area contributed by atoms with E-state index in [0.717, 1.165) is 5.56 Å². The molecule has 0 spiro atoms. The van der Waals surface area contributed by atoms with E-state index in [4.69, 9.17) is 5.11 Å². The summed E-state index contributed by atoms with van der Waals surface area (Å²) in [6.07, 6.45) is 1.68. The zero-order valence-corrected chi connectivity index (χ0v) is 8.56. The number of rotatable bonds is 3. The second kappa shape index (κ2) is 4.19. The molecule has 0 amide bonds. The molecule has 14 heavy (non-hydrogen) atoms. The van der Waals surface area contributed by atoms with E-state index < -0.39 is 12.0 Å². The third-order valence-electron chi connectivity index (χ3n) is 1.96. The summed E-state index contributed by atoms with van der Waals surface area (Å²) in [5.74, 6) is -0.883. The lowest BCUT2D eigenvalue weighted by molar-refractivity contribution is -0.142. The molecule has 1 N–H and O–H groups in total. The van der Waals surface area contributed by atoms with Gasteiger partial charge in [-0.15, -0.1) is 0 Å². The van der Waals surface area contributed by atoms with E-state index in [1.165, 1.54) is 0 Å². The molecule has 1 unspecified atom stereocenters. The Morgan fingerprint density at radius 1 is 1.50 bits per heavy atom. The summed E-state index contributed by atoms with van der Waals surface area (Å²) >= 11 is 0. The van der Waals surface area contributed by atoms with Gasteiger partial charge < -0.3 is 5.11 Å². The van der Waals surface area contributed by atoms with Crippen LogP contribution in [0.2, 0.25) is 0 Å². The van der Waals surface area contributed by atoms with Gasteiger partial charge in [0.25, 0.3) is 0 Å². The number of aryl methyl sites for hydroxylation is 1. The highest BCUT2D eigenvalue weighted by atomic mass is 16.4. The molecule has 4 heteroatoms. The first-order chi connectivity index (χ1) is 6.52. The summed E-state index contributed by atoms with van der Waals surface area (Å²) in [5.41, 5.74) is 1.59. The molecule has 0 aliphatic heterocycles. The molecule has 4 nitrogen and oxygen atoms in total.